The van der Waals surface area contributed by atoms with Crippen LogP contribution < -0.4 is 22.1 Å². The Balaban J connectivity index is 1.35. The molecule has 5 rings (SSSR count). The van der Waals surface area contributed by atoms with Gasteiger partial charge in [-0.05, 0) is 100 Å². The quantitative estimate of drug-likeness (QED) is 0.0876. The summed E-state index contributed by atoms with van der Waals surface area (Å²) in [5.74, 6) is -0.0290. The number of aromatic nitrogens is 3. The van der Waals surface area contributed by atoms with Crippen LogP contribution in [0.1, 0.15) is 57.1 Å². The van der Waals surface area contributed by atoms with E-state index in [1.54, 1.807) is 31.3 Å². The molecule has 2 aromatic carbocycles. The van der Waals surface area contributed by atoms with Crippen molar-refractivity contribution in [3.63, 3.8) is 0 Å². The maximum Gasteiger partial charge on any atom is 0.354 e. The molecule has 8 nitrogen and oxygen atoms in total. The second kappa shape index (κ2) is 12.1. The molecule has 10 heteroatoms. The minimum absolute atomic E-state index is 0.0244. The zero-order valence-electron chi connectivity index (χ0n) is 23.5. The first-order chi connectivity index (χ1) is 19.6. The smallest absolute Gasteiger partial charge is 0.354 e. The molecule has 0 amide bonds. The van der Waals surface area contributed by atoms with E-state index in [4.69, 9.17) is 22.7 Å². The zero-order valence-corrected chi connectivity index (χ0v) is 24.2. The molecule has 1 fully saturated rings. The lowest BCUT2D eigenvalue weighted by atomic mass is 10.0. The molecule has 6 N–H and O–H groups in total. The lowest BCUT2D eigenvalue weighted by molar-refractivity contribution is 0.507. The van der Waals surface area contributed by atoms with Crippen molar-refractivity contribution in [2.75, 3.05) is 13.1 Å². The molecule has 0 saturated heterocycles. The highest BCUT2D eigenvalue weighted by Gasteiger charge is 2.43. The minimum atomic E-state index is -0.510. The predicted molar refractivity (Wildman–Crippen MR) is 164 cm³/mol. The van der Waals surface area contributed by atoms with Crippen molar-refractivity contribution in [1.29, 1.82) is 5.41 Å². The molecule has 1 atom stereocenters. The molecule has 0 spiro atoms. The number of fused-ring (bicyclic) bond motifs is 1. The van der Waals surface area contributed by atoms with Crippen molar-refractivity contribution in [3.8, 4) is 16.9 Å². The number of aryl methyl sites for hydroxylation is 1. The van der Waals surface area contributed by atoms with Crippen LogP contribution in [0.5, 0.6) is 0 Å². The van der Waals surface area contributed by atoms with Gasteiger partial charge < -0.3 is 21.4 Å². The summed E-state index contributed by atoms with van der Waals surface area (Å²) in [5, 5.41) is 14.9. The van der Waals surface area contributed by atoms with E-state index in [-0.39, 0.29) is 16.6 Å². The predicted octanol–water partition coefficient (Wildman–Crippen LogP) is 5.40. The molecule has 2 heterocycles. The number of halogens is 2. The average Bonchev–Trinajstić information content (AvgIpc) is 3.61. The van der Waals surface area contributed by atoms with Gasteiger partial charge in [0.25, 0.3) is 0 Å². The van der Waals surface area contributed by atoms with E-state index >= 15 is 4.39 Å². The number of nitrogens with one attached hydrogen (secondary N) is 4. The fourth-order valence-corrected chi connectivity index (χ4v) is 5.51. The van der Waals surface area contributed by atoms with Gasteiger partial charge in [0.1, 0.15) is 5.65 Å². The molecular weight excluding hydrogens is 541 g/mol. The van der Waals surface area contributed by atoms with Crippen molar-refractivity contribution in [2.45, 2.75) is 64.0 Å². The Hall–Kier alpha value is -3.53. The van der Waals surface area contributed by atoms with Crippen LogP contribution in [0.4, 0.5) is 4.39 Å². The van der Waals surface area contributed by atoms with Crippen LogP contribution in [0, 0.1) is 11.2 Å². The van der Waals surface area contributed by atoms with Gasteiger partial charge in [-0.25, -0.2) is 9.18 Å². The van der Waals surface area contributed by atoms with Crippen molar-refractivity contribution >= 4 is 28.5 Å². The summed E-state index contributed by atoms with van der Waals surface area (Å²) in [5.41, 5.74) is 9.51. The number of aromatic amines is 1. The zero-order chi connectivity index (χ0) is 29.1. The van der Waals surface area contributed by atoms with Gasteiger partial charge in [0, 0.05) is 35.3 Å². The lowest BCUT2D eigenvalue weighted by Gasteiger charge is -2.19. The van der Waals surface area contributed by atoms with Crippen LogP contribution in [0.2, 0.25) is 5.02 Å². The summed E-state index contributed by atoms with van der Waals surface area (Å²) in [6.45, 7) is 5.34. The van der Waals surface area contributed by atoms with E-state index in [1.807, 2.05) is 19.1 Å². The average molecular weight is 578 g/mol. The van der Waals surface area contributed by atoms with E-state index in [1.165, 1.54) is 10.1 Å². The standard InChI is InChI=1S/C31H37ClFN7O/c1-19(34)5-3-6-21-15-25(28(33)26(32)16-21)27-17-22-18-40(30(41)39-29(22)38-27)24-9-7-23(8-10-24)31(11-12-31)37-14-4-13-36-20(2)35/h7-10,15-19,37H,3-6,11-14,34H2,1-2H3,(H2,35,36)(H,38,39,41)/t19-/m0/s1. The maximum atomic E-state index is 15.1. The highest BCUT2D eigenvalue weighted by Crippen LogP contribution is 2.45. The van der Waals surface area contributed by atoms with Gasteiger partial charge in [-0.3, -0.25) is 9.98 Å². The molecule has 4 aromatic rings. The van der Waals surface area contributed by atoms with E-state index in [2.05, 4.69) is 32.7 Å². The number of rotatable bonds is 12. The number of hydrogen-bond donors (Lipinski definition) is 5. The largest absolute Gasteiger partial charge is 0.374 e. The number of nitrogens with two attached hydrogens (primary N) is 1. The molecule has 0 bridgehead atoms. The summed E-state index contributed by atoms with van der Waals surface area (Å²) in [6, 6.07) is 13.3. The van der Waals surface area contributed by atoms with Gasteiger partial charge >= 0.3 is 5.69 Å². The Kier molecular flexibility index (Phi) is 8.58. The van der Waals surface area contributed by atoms with E-state index in [0.717, 1.165) is 57.2 Å². The molecular formula is C31H37ClFN7O. The lowest BCUT2D eigenvalue weighted by Crippen LogP contribution is -2.32. The third-order valence-electron chi connectivity index (χ3n) is 7.67. The minimum Gasteiger partial charge on any atom is -0.374 e. The van der Waals surface area contributed by atoms with Crippen molar-refractivity contribution in [2.24, 2.45) is 5.73 Å². The van der Waals surface area contributed by atoms with Crippen molar-refractivity contribution < 1.29 is 4.39 Å². The Bertz CT molecular complexity index is 1610. The van der Waals surface area contributed by atoms with Gasteiger partial charge in [0.05, 0.1) is 22.2 Å². The van der Waals surface area contributed by atoms with E-state index < -0.39 is 11.5 Å². The number of H-pyrrole nitrogens is 1. The van der Waals surface area contributed by atoms with Crippen LogP contribution >= 0.6 is 11.6 Å². The highest BCUT2D eigenvalue weighted by molar-refractivity contribution is 6.31. The van der Waals surface area contributed by atoms with Gasteiger partial charge in [-0.15, -0.1) is 0 Å². The van der Waals surface area contributed by atoms with Crippen LogP contribution in [0.15, 0.2) is 53.5 Å². The molecule has 1 aliphatic carbocycles. The number of nitrogens with zero attached hydrogens (tertiary/aromatic N) is 2. The molecule has 216 valence electrons. The highest BCUT2D eigenvalue weighted by atomic mass is 35.5. The Morgan fingerprint density at radius 3 is 2.66 bits per heavy atom. The van der Waals surface area contributed by atoms with Crippen molar-refractivity contribution in [1.82, 2.24) is 25.2 Å². The Labute approximate surface area is 244 Å². The fraction of sp³-hybridized carbons (Fsp3) is 0.387. The first-order valence-electron chi connectivity index (χ1n) is 14.2. The topological polar surface area (TPSA) is 125 Å². The summed E-state index contributed by atoms with van der Waals surface area (Å²) < 4.78 is 16.6. The summed E-state index contributed by atoms with van der Waals surface area (Å²) in [7, 11) is 0. The molecule has 0 unspecified atom stereocenters. The van der Waals surface area contributed by atoms with Crippen LogP contribution in [-0.4, -0.2) is 39.5 Å². The normalized spacial score (nSPS) is 14.8. The monoisotopic (exact) mass is 577 g/mol. The number of hydrogen-bond acceptors (Lipinski definition) is 5. The van der Waals surface area contributed by atoms with Crippen LogP contribution in [-0.2, 0) is 12.0 Å². The number of benzene rings is 2. The molecule has 1 aliphatic rings. The molecule has 41 heavy (non-hydrogen) atoms. The third kappa shape index (κ3) is 6.69. The second-order valence-corrected chi connectivity index (χ2v) is 11.6. The SMILES string of the molecule is CC(=N)NCCCNC1(c2ccc(-n3cc4cc(-c5cc(CCC[C@H](C)N)cc(Cl)c5F)[nH]c4nc3=O)cc2)CC1. The van der Waals surface area contributed by atoms with Gasteiger partial charge in [0.15, 0.2) is 5.82 Å². The Morgan fingerprint density at radius 2 is 1.98 bits per heavy atom. The molecule has 0 aliphatic heterocycles. The van der Waals surface area contributed by atoms with Crippen LogP contribution in [0.3, 0.4) is 0 Å². The fourth-order valence-electron chi connectivity index (χ4n) is 5.26. The molecule has 1 saturated carbocycles. The Morgan fingerprint density at radius 1 is 1.22 bits per heavy atom. The first kappa shape index (κ1) is 29.0. The van der Waals surface area contributed by atoms with Gasteiger partial charge in [-0.2, -0.15) is 4.98 Å². The number of amidine groups is 1. The van der Waals surface area contributed by atoms with Crippen LogP contribution in [0.25, 0.3) is 28.0 Å². The maximum absolute atomic E-state index is 15.1. The van der Waals surface area contributed by atoms with E-state index in [9.17, 15) is 4.79 Å². The van der Waals surface area contributed by atoms with E-state index in [0.29, 0.717) is 33.8 Å². The molecule has 0 radical (unpaired) electrons. The van der Waals surface area contributed by atoms with Gasteiger partial charge in [0.2, 0.25) is 0 Å². The van der Waals surface area contributed by atoms with Gasteiger partial charge in [-0.1, -0.05) is 23.7 Å². The third-order valence-corrected chi connectivity index (χ3v) is 7.94. The molecule has 2 aromatic heterocycles. The summed E-state index contributed by atoms with van der Waals surface area (Å²) in [4.78, 5) is 20.3. The summed E-state index contributed by atoms with van der Waals surface area (Å²) in [6.07, 6.45) is 7.29. The van der Waals surface area contributed by atoms with Crippen molar-refractivity contribution in [3.05, 3.63) is 81.1 Å². The second-order valence-electron chi connectivity index (χ2n) is 11.2. The summed E-state index contributed by atoms with van der Waals surface area (Å²) >= 11 is 6.24. The first-order valence-corrected chi connectivity index (χ1v) is 14.5.